The highest BCUT2D eigenvalue weighted by Gasteiger charge is 2.26. The Hall–Kier alpha value is -1.36. The summed E-state index contributed by atoms with van der Waals surface area (Å²) >= 11 is 1.05. The molecule has 0 saturated carbocycles. The van der Waals surface area contributed by atoms with Crippen molar-refractivity contribution >= 4 is 27.3 Å². The summed E-state index contributed by atoms with van der Waals surface area (Å²) < 4.78 is 31.0. The zero-order valence-electron chi connectivity index (χ0n) is 10.2. The van der Waals surface area contributed by atoms with Crippen LogP contribution in [0.2, 0.25) is 0 Å². The second-order valence-corrected chi connectivity index (χ2v) is 5.90. The largest absolute Gasteiger partial charge is 0.465 e. The molecule has 0 fully saturated rings. The molecule has 0 unspecified atom stereocenters. The lowest BCUT2D eigenvalue weighted by Gasteiger charge is -2.06. The van der Waals surface area contributed by atoms with Crippen LogP contribution in [0.3, 0.4) is 0 Å². The third-order valence-corrected chi connectivity index (χ3v) is 4.88. The lowest BCUT2D eigenvalue weighted by molar-refractivity contribution is 0.0602. The Morgan fingerprint density at radius 1 is 1.56 bits per heavy atom. The number of sulfonamides is 1. The number of carbonyl (C=O) groups is 1. The van der Waals surface area contributed by atoms with E-state index < -0.39 is 16.0 Å². The molecule has 0 aromatic carbocycles. The lowest BCUT2D eigenvalue weighted by Crippen LogP contribution is -2.25. The molecule has 1 heterocycles. The molecule has 1 rings (SSSR count). The summed E-state index contributed by atoms with van der Waals surface area (Å²) in [7, 11) is -2.54. The van der Waals surface area contributed by atoms with E-state index in [1.165, 1.54) is 7.11 Å². The molecule has 0 saturated heterocycles. The van der Waals surface area contributed by atoms with E-state index in [1.54, 1.807) is 19.2 Å². The first-order valence-corrected chi connectivity index (χ1v) is 7.36. The molecule has 1 N–H and O–H groups in total. The molecule has 1 aromatic rings. The van der Waals surface area contributed by atoms with E-state index in [0.29, 0.717) is 5.56 Å². The fourth-order valence-corrected chi connectivity index (χ4v) is 3.92. The molecular formula is C11H13NO4S2. The van der Waals surface area contributed by atoms with Gasteiger partial charge in [-0.3, -0.25) is 0 Å². The van der Waals surface area contributed by atoms with E-state index in [4.69, 9.17) is 0 Å². The van der Waals surface area contributed by atoms with Gasteiger partial charge in [-0.2, -0.15) is 4.72 Å². The van der Waals surface area contributed by atoms with Crippen LogP contribution in [0.1, 0.15) is 22.2 Å². The monoisotopic (exact) mass is 287 g/mol. The summed E-state index contributed by atoms with van der Waals surface area (Å²) in [5.41, 5.74) is 0.511. The predicted molar refractivity (Wildman–Crippen MR) is 69.0 cm³/mol. The van der Waals surface area contributed by atoms with E-state index in [2.05, 4.69) is 21.3 Å². The van der Waals surface area contributed by atoms with Crippen LogP contribution in [0.4, 0.5) is 0 Å². The van der Waals surface area contributed by atoms with Crippen molar-refractivity contribution in [1.82, 2.24) is 4.72 Å². The van der Waals surface area contributed by atoms with E-state index in [1.807, 2.05) is 0 Å². The average Bonchev–Trinajstić information content (AvgIpc) is 2.71. The number of thiophene rings is 1. The van der Waals surface area contributed by atoms with Gasteiger partial charge in [-0.25, -0.2) is 13.2 Å². The van der Waals surface area contributed by atoms with E-state index in [-0.39, 0.29) is 16.3 Å². The molecule has 0 amide bonds. The number of hydrogen-bond acceptors (Lipinski definition) is 5. The van der Waals surface area contributed by atoms with Crippen molar-refractivity contribution in [3.63, 3.8) is 0 Å². The lowest BCUT2D eigenvalue weighted by atomic mass is 10.3. The Kier molecular flexibility index (Phi) is 4.90. The minimum atomic E-state index is -3.75. The Morgan fingerprint density at radius 3 is 2.78 bits per heavy atom. The second-order valence-electron chi connectivity index (χ2n) is 3.32. The van der Waals surface area contributed by atoms with E-state index in [0.717, 1.165) is 11.3 Å². The number of hydrogen-bond donors (Lipinski definition) is 1. The number of nitrogens with one attached hydrogen (secondary N) is 1. The van der Waals surface area contributed by atoms with Crippen molar-refractivity contribution in [3.05, 3.63) is 15.8 Å². The summed E-state index contributed by atoms with van der Waals surface area (Å²) in [6, 6.07) is 0. The Morgan fingerprint density at radius 2 is 2.22 bits per heavy atom. The Balaban J connectivity index is 3.18. The molecule has 18 heavy (non-hydrogen) atoms. The summed E-state index contributed by atoms with van der Waals surface area (Å²) in [5.74, 6) is 4.52. The Labute approximate surface area is 110 Å². The molecule has 5 nitrogen and oxygen atoms in total. The van der Waals surface area contributed by atoms with Gasteiger partial charge < -0.3 is 4.74 Å². The maximum Gasteiger partial charge on any atom is 0.349 e. The fraction of sp³-hybridized carbons (Fsp3) is 0.364. The first kappa shape index (κ1) is 14.7. The van der Waals surface area contributed by atoms with Crippen LogP contribution in [-0.4, -0.2) is 28.0 Å². The fourth-order valence-electron chi connectivity index (χ4n) is 1.29. The second kappa shape index (κ2) is 6.00. The Bertz CT molecular complexity index is 605. The molecule has 0 radical (unpaired) electrons. The molecular weight excluding hydrogens is 274 g/mol. The number of esters is 1. The highest BCUT2D eigenvalue weighted by molar-refractivity contribution is 7.89. The van der Waals surface area contributed by atoms with E-state index in [9.17, 15) is 13.2 Å². The number of carbonyl (C=O) groups excluding carboxylic acids is 1. The van der Waals surface area contributed by atoms with Crippen LogP contribution < -0.4 is 4.72 Å². The average molecular weight is 287 g/mol. The molecule has 1 aromatic heterocycles. The topological polar surface area (TPSA) is 72.5 Å². The van der Waals surface area contributed by atoms with Gasteiger partial charge in [0.2, 0.25) is 10.0 Å². The molecule has 98 valence electrons. The SMILES string of the molecule is CC#CCNS(=O)(=O)c1c(C)csc1C(=O)OC. The van der Waals surface area contributed by atoms with Gasteiger partial charge in [0.1, 0.15) is 9.77 Å². The van der Waals surface area contributed by atoms with Crippen molar-refractivity contribution < 1.29 is 17.9 Å². The highest BCUT2D eigenvalue weighted by Crippen LogP contribution is 2.27. The standard InChI is InChI=1S/C11H13NO4S2/c1-4-5-6-12-18(14,15)10-8(2)7-17-9(10)11(13)16-3/h7,12H,6H2,1-3H3. The van der Waals surface area contributed by atoms with Gasteiger partial charge in [0.15, 0.2) is 0 Å². The number of methoxy groups -OCH3 is 1. The van der Waals surface area contributed by atoms with Crippen LogP contribution >= 0.6 is 11.3 Å². The zero-order chi connectivity index (χ0) is 13.8. The van der Waals surface area contributed by atoms with Gasteiger partial charge in [0, 0.05) is 0 Å². The summed E-state index contributed by atoms with van der Waals surface area (Å²) in [6.07, 6.45) is 0. The first-order valence-electron chi connectivity index (χ1n) is 4.99. The number of ether oxygens (including phenoxy) is 1. The minimum absolute atomic E-state index is 0.00866. The zero-order valence-corrected chi connectivity index (χ0v) is 11.9. The molecule has 0 atom stereocenters. The predicted octanol–water partition coefficient (Wildman–Crippen LogP) is 1.14. The van der Waals surface area contributed by atoms with Gasteiger partial charge in [0.25, 0.3) is 0 Å². The summed E-state index contributed by atoms with van der Waals surface area (Å²) in [6.45, 7) is 3.25. The van der Waals surface area contributed by atoms with Crippen molar-refractivity contribution in [1.29, 1.82) is 0 Å². The third-order valence-electron chi connectivity index (χ3n) is 2.08. The van der Waals surface area contributed by atoms with Crippen LogP contribution in [0, 0.1) is 18.8 Å². The molecule has 0 bridgehead atoms. The summed E-state index contributed by atoms with van der Waals surface area (Å²) in [5, 5.41) is 1.60. The first-order chi connectivity index (χ1) is 8.44. The number of aryl methyl sites for hydroxylation is 1. The maximum atomic E-state index is 12.1. The van der Waals surface area contributed by atoms with Gasteiger partial charge in [-0.15, -0.1) is 17.3 Å². The van der Waals surface area contributed by atoms with Gasteiger partial charge in [-0.05, 0) is 24.8 Å². The van der Waals surface area contributed by atoms with Gasteiger partial charge >= 0.3 is 5.97 Å². The molecule has 0 spiro atoms. The van der Waals surface area contributed by atoms with Crippen molar-refractivity contribution in [3.8, 4) is 11.8 Å². The highest BCUT2D eigenvalue weighted by atomic mass is 32.2. The molecule has 7 heteroatoms. The van der Waals surface area contributed by atoms with Crippen LogP contribution in [0.5, 0.6) is 0 Å². The van der Waals surface area contributed by atoms with Crippen LogP contribution in [-0.2, 0) is 14.8 Å². The van der Waals surface area contributed by atoms with Crippen molar-refractivity contribution in [2.75, 3.05) is 13.7 Å². The molecule has 0 aliphatic carbocycles. The van der Waals surface area contributed by atoms with Crippen LogP contribution in [0.25, 0.3) is 0 Å². The normalized spacial score (nSPS) is 10.6. The quantitative estimate of drug-likeness (QED) is 0.666. The third kappa shape index (κ3) is 3.10. The van der Waals surface area contributed by atoms with Crippen LogP contribution in [0.15, 0.2) is 10.3 Å². The smallest absolute Gasteiger partial charge is 0.349 e. The molecule has 0 aliphatic rings. The van der Waals surface area contributed by atoms with Crippen molar-refractivity contribution in [2.45, 2.75) is 18.7 Å². The van der Waals surface area contributed by atoms with Gasteiger partial charge in [0.05, 0.1) is 13.7 Å². The van der Waals surface area contributed by atoms with Crippen molar-refractivity contribution in [2.24, 2.45) is 0 Å². The number of rotatable bonds is 4. The minimum Gasteiger partial charge on any atom is -0.465 e. The summed E-state index contributed by atoms with van der Waals surface area (Å²) in [4.78, 5) is 11.5. The molecule has 0 aliphatic heterocycles. The van der Waals surface area contributed by atoms with Gasteiger partial charge in [-0.1, -0.05) is 5.92 Å². The maximum absolute atomic E-state index is 12.1. The van der Waals surface area contributed by atoms with E-state index >= 15 is 0 Å².